The van der Waals surface area contributed by atoms with Gasteiger partial charge in [-0.3, -0.25) is 4.79 Å². The molecule has 1 aromatic rings. The summed E-state index contributed by atoms with van der Waals surface area (Å²) in [6.45, 7) is 7.72. The summed E-state index contributed by atoms with van der Waals surface area (Å²) in [7, 11) is 1.59. The first-order valence-corrected chi connectivity index (χ1v) is 6.90. The lowest BCUT2D eigenvalue weighted by Crippen LogP contribution is -2.38. The molecule has 0 bridgehead atoms. The molecule has 1 atom stereocenters. The van der Waals surface area contributed by atoms with Gasteiger partial charge in [0, 0.05) is 17.1 Å². The van der Waals surface area contributed by atoms with Crippen LogP contribution >= 0.6 is 11.6 Å². The number of carbonyl (C=O) groups is 1. The highest BCUT2D eigenvalue weighted by molar-refractivity contribution is 6.31. The van der Waals surface area contributed by atoms with Gasteiger partial charge in [0.15, 0.2) is 0 Å². The molecule has 0 fully saturated rings. The van der Waals surface area contributed by atoms with Crippen LogP contribution in [0.1, 0.15) is 33.3 Å². The number of esters is 1. The largest absolute Gasteiger partial charge is 0.496 e. The van der Waals surface area contributed by atoms with E-state index in [2.05, 4.69) is 5.32 Å². The molecule has 0 aliphatic carbocycles. The molecule has 0 spiro atoms. The predicted molar refractivity (Wildman–Crippen MR) is 80.2 cm³/mol. The Morgan fingerprint density at radius 3 is 2.60 bits per heavy atom. The molecular formula is C15H22ClNO3. The Balaban J connectivity index is 2.66. The number of halogens is 1. The highest BCUT2D eigenvalue weighted by Crippen LogP contribution is 2.26. The number of ether oxygens (including phenoxy) is 2. The molecule has 0 heterocycles. The number of hydrogen-bond donors (Lipinski definition) is 1. The summed E-state index contributed by atoms with van der Waals surface area (Å²) in [5.74, 6) is 0.407. The third kappa shape index (κ3) is 5.02. The average Bonchev–Trinajstić information content (AvgIpc) is 2.34. The van der Waals surface area contributed by atoms with E-state index in [0.29, 0.717) is 17.3 Å². The highest BCUT2D eigenvalue weighted by Gasteiger charge is 2.21. The molecular weight excluding hydrogens is 278 g/mol. The van der Waals surface area contributed by atoms with Crippen LogP contribution in [0.4, 0.5) is 0 Å². The van der Waals surface area contributed by atoms with E-state index in [-0.39, 0.29) is 5.97 Å². The minimum Gasteiger partial charge on any atom is -0.496 e. The van der Waals surface area contributed by atoms with Gasteiger partial charge in [0.05, 0.1) is 7.11 Å². The maximum absolute atomic E-state index is 11.9. The van der Waals surface area contributed by atoms with Gasteiger partial charge in [-0.2, -0.15) is 0 Å². The molecule has 1 rings (SSSR count). The molecule has 0 aliphatic rings. The zero-order valence-corrected chi connectivity index (χ0v) is 13.4. The number of hydrogen-bond acceptors (Lipinski definition) is 4. The van der Waals surface area contributed by atoms with E-state index in [9.17, 15) is 4.79 Å². The van der Waals surface area contributed by atoms with E-state index in [0.717, 1.165) is 5.56 Å². The molecule has 0 saturated carbocycles. The number of rotatable bonds is 5. The van der Waals surface area contributed by atoms with E-state index >= 15 is 0 Å². The maximum Gasteiger partial charge on any atom is 0.323 e. The third-order valence-corrected chi connectivity index (χ3v) is 3.00. The lowest BCUT2D eigenvalue weighted by atomic mass is 10.1. The van der Waals surface area contributed by atoms with Crippen molar-refractivity contribution in [3.8, 4) is 5.75 Å². The molecule has 20 heavy (non-hydrogen) atoms. The molecule has 4 nitrogen and oxygen atoms in total. The van der Waals surface area contributed by atoms with Crippen molar-refractivity contribution in [2.75, 3.05) is 7.11 Å². The number of benzene rings is 1. The fraction of sp³-hybridized carbons (Fsp3) is 0.533. The van der Waals surface area contributed by atoms with Gasteiger partial charge < -0.3 is 14.8 Å². The highest BCUT2D eigenvalue weighted by atomic mass is 35.5. The van der Waals surface area contributed by atoms with Crippen molar-refractivity contribution in [3.63, 3.8) is 0 Å². The first kappa shape index (κ1) is 16.8. The number of carbonyl (C=O) groups excluding carboxylic acids is 1. The average molecular weight is 300 g/mol. The lowest BCUT2D eigenvalue weighted by Gasteiger charge is -2.23. The normalized spacial score (nSPS) is 12.9. The Morgan fingerprint density at radius 2 is 2.05 bits per heavy atom. The Hall–Kier alpha value is -1.26. The van der Waals surface area contributed by atoms with Crippen molar-refractivity contribution in [1.82, 2.24) is 5.32 Å². The zero-order valence-electron chi connectivity index (χ0n) is 12.6. The third-order valence-electron chi connectivity index (χ3n) is 2.64. The van der Waals surface area contributed by atoms with Crippen LogP contribution in [0.25, 0.3) is 0 Å². The van der Waals surface area contributed by atoms with Crippen LogP contribution in [-0.4, -0.2) is 24.7 Å². The van der Waals surface area contributed by atoms with Crippen LogP contribution in [0.5, 0.6) is 5.75 Å². The summed E-state index contributed by atoms with van der Waals surface area (Å²) in [6, 6.07) is 5.03. The second kappa shape index (κ2) is 6.95. The second-order valence-electron chi connectivity index (χ2n) is 5.56. The van der Waals surface area contributed by atoms with Gasteiger partial charge in [0.2, 0.25) is 0 Å². The van der Waals surface area contributed by atoms with E-state index in [4.69, 9.17) is 21.1 Å². The van der Waals surface area contributed by atoms with Crippen LogP contribution in [-0.2, 0) is 16.1 Å². The Morgan fingerprint density at radius 1 is 1.40 bits per heavy atom. The Bertz CT molecular complexity index is 469. The summed E-state index contributed by atoms with van der Waals surface area (Å²) in [5.41, 5.74) is 0.335. The summed E-state index contributed by atoms with van der Waals surface area (Å²) in [5, 5.41) is 3.70. The zero-order chi connectivity index (χ0) is 15.3. The van der Waals surface area contributed by atoms with Crippen LogP contribution in [0, 0.1) is 0 Å². The molecule has 1 N–H and O–H groups in total. The molecule has 0 aromatic heterocycles. The minimum atomic E-state index is -0.491. The molecule has 112 valence electrons. The molecule has 1 aromatic carbocycles. The van der Waals surface area contributed by atoms with E-state index in [1.165, 1.54) is 0 Å². The van der Waals surface area contributed by atoms with Crippen molar-refractivity contribution < 1.29 is 14.3 Å². The summed E-state index contributed by atoms with van der Waals surface area (Å²) < 4.78 is 10.6. The van der Waals surface area contributed by atoms with Gasteiger partial charge in [-0.15, -0.1) is 0 Å². The fourth-order valence-corrected chi connectivity index (χ4v) is 1.86. The Kier molecular flexibility index (Phi) is 5.84. The summed E-state index contributed by atoms with van der Waals surface area (Å²) in [6.07, 6.45) is 0. The molecule has 0 saturated heterocycles. The summed E-state index contributed by atoms with van der Waals surface area (Å²) >= 11 is 6.14. The predicted octanol–water partition coefficient (Wildman–Crippen LogP) is 3.17. The SMILES string of the molecule is COc1cccc(Cl)c1CNC(C)C(=O)OC(C)(C)C. The van der Waals surface area contributed by atoms with E-state index in [1.54, 1.807) is 20.1 Å². The van der Waals surface area contributed by atoms with Gasteiger partial charge in [-0.05, 0) is 39.8 Å². The van der Waals surface area contributed by atoms with Crippen molar-refractivity contribution in [2.24, 2.45) is 0 Å². The minimum absolute atomic E-state index is 0.288. The van der Waals surface area contributed by atoms with Crippen molar-refractivity contribution in [1.29, 1.82) is 0 Å². The van der Waals surface area contributed by atoms with Gasteiger partial charge >= 0.3 is 5.97 Å². The van der Waals surface area contributed by atoms with Crippen LogP contribution in [0.15, 0.2) is 18.2 Å². The second-order valence-corrected chi connectivity index (χ2v) is 5.96. The fourth-order valence-electron chi connectivity index (χ4n) is 1.63. The topological polar surface area (TPSA) is 47.6 Å². The molecule has 5 heteroatoms. The Labute approximate surface area is 125 Å². The van der Waals surface area contributed by atoms with E-state index in [1.807, 2.05) is 32.9 Å². The number of methoxy groups -OCH3 is 1. The van der Waals surface area contributed by atoms with Crippen molar-refractivity contribution >= 4 is 17.6 Å². The van der Waals surface area contributed by atoms with Gasteiger partial charge in [-0.1, -0.05) is 17.7 Å². The monoisotopic (exact) mass is 299 g/mol. The molecule has 1 unspecified atom stereocenters. The summed E-state index contributed by atoms with van der Waals surface area (Å²) in [4.78, 5) is 11.9. The van der Waals surface area contributed by atoms with Gasteiger partial charge in [0.1, 0.15) is 17.4 Å². The molecule has 0 amide bonds. The first-order valence-electron chi connectivity index (χ1n) is 6.52. The quantitative estimate of drug-likeness (QED) is 0.848. The van der Waals surface area contributed by atoms with Crippen LogP contribution < -0.4 is 10.1 Å². The van der Waals surface area contributed by atoms with Crippen molar-refractivity contribution in [2.45, 2.75) is 45.9 Å². The van der Waals surface area contributed by atoms with Crippen molar-refractivity contribution in [3.05, 3.63) is 28.8 Å². The molecule has 0 radical (unpaired) electrons. The standard InChI is InChI=1S/C15H22ClNO3/c1-10(14(18)20-15(2,3)4)17-9-11-12(16)7-6-8-13(11)19-5/h6-8,10,17H,9H2,1-5H3. The lowest BCUT2D eigenvalue weighted by molar-refractivity contribution is -0.157. The maximum atomic E-state index is 11.9. The van der Waals surface area contributed by atoms with Crippen LogP contribution in [0.2, 0.25) is 5.02 Å². The first-order chi connectivity index (χ1) is 9.24. The van der Waals surface area contributed by atoms with Gasteiger partial charge in [-0.25, -0.2) is 0 Å². The smallest absolute Gasteiger partial charge is 0.323 e. The number of nitrogens with one attached hydrogen (secondary N) is 1. The van der Waals surface area contributed by atoms with Gasteiger partial charge in [0.25, 0.3) is 0 Å². The molecule has 0 aliphatic heterocycles. The van der Waals surface area contributed by atoms with Crippen LogP contribution in [0.3, 0.4) is 0 Å². The van der Waals surface area contributed by atoms with E-state index < -0.39 is 11.6 Å².